The first kappa shape index (κ1) is 15.4. The van der Waals surface area contributed by atoms with Crippen LogP contribution in [-0.4, -0.2) is 11.6 Å². The fourth-order valence-corrected chi connectivity index (χ4v) is 6.75. The van der Waals surface area contributed by atoms with Crippen LogP contribution >= 0.6 is 0 Å². The standard InChI is InChI=1S/C21H28O2/c1-13(22)17-6-7-18-16-5-4-14-12-15(23)8-10-20(14,2)19(16)9-11-21(17,18)3/h6,8,10,14,16,18-19H,4-5,7,9,11-12H2,1-3H3/t14?,16-,18-,19-,20-,21+/m0/s1. The molecule has 0 N–H and O–H groups in total. The minimum Gasteiger partial charge on any atom is -0.295 e. The van der Waals surface area contributed by atoms with Crippen LogP contribution in [-0.2, 0) is 9.59 Å². The molecule has 1 unspecified atom stereocenters. The van der Waals surface area contributed by atoms with Crippen molar-refractivity contribution < 1.29 is 9.59 Å². The molecule has 2 nitrogen and oxygen atoms in total. The number of rotatable bonds is 1. The molecule has 0 aromatic heterocycles. The van der Waals surface area contributed by atoms with Gasteiger partial charge in [-0.2, -0.15) is 0 Å². The molecular formula is C21H28O2. The van der Waals surface area contributed by atoms with Crippen molar-refractivity contribution in [1.82, 2.24) is 0 Å². The minimum absolute atomic E-state index is 0.102. The highest BCUT2D eigenvalue weighted by Gasteiger charge is 2.58. The summed E-state index contributed by atoms with van der Waals surface area (Å²) in [5.74, 6) is 3.14. The molecule has 0 heterocycles. The third-order valence-electron chi connectivity index (χ3n) is 8.00. The van der Waals surface area contributed by atoms with Gasteiger partial charge in [-0.3, -0.25) is 9.59 Å². The molecule has 2 fully saturated rings. The summed E-state index contributed by atoms with van der Waals surface area (Å²) in [7, 11) is 0. The van der Waals surface area contributed by atoms with Gasteiger partial charge in [0.1, 0.15) is 0 Å². The summed E-state index contributed by atoms with van der Waals surface area (Å²) < 4.78 is 0. The Hall–Kier alpha value is -1.18. The van der Waals surface area contributed by atoms with E-state index >= 15 is 0 Å². The Morgan fingerprint density at radius 1 is 1.17 bits per heavy atom. The molecule has 6 atom stereocenters. The van der Waals surface area contributed by atoms with Gasteiger partial charge in [0, 0.05) is 6.42 Å². The number of fused-ring (bicyclic) bond motifs is 5. The van der Waals surface area contributed by atoms with Crippen molar-refractivity contribution in [1.29, 1.82) is 0 Å². The summed E-state index contributed by atoms with van der Waals surface area (Å²) in [6, 6.07) is 0. The number of allylic oxidation sites excluding steroid dienone is 4. The Bertz CT molecular complexity index is 628. The quantitative estimate of drug-likeness (QED) is 0.714. The molecular weight excluding hydrogens is 284 g/mol. The van der Waals surface area contributed by atoms with E-state index in [9.17, 15) is 9.59 Å². The Balaban J connectivity index is 1.67. The number of Topliss-reactive ketones (excluding diaryl/α,β-unsaturated/α-hetero) is 1. The Kier molecular flexibility index (Phi) is 3.28. The molecule has 0 amide bonds. The molecule has 124 valence electrons. The third-order valence-corrected chi connectivity index (χ3v) is 8.00. The maximum atomic E-state index is 12.1. The largest absolute Gasteiger partial charge is 0.295 e. The van der Waals surface area contributed by atoms with Crippen LogP contribution in [0.4, 0.5) is 0 Å². The molecule has 0 spiro atoms. The summed E-state index contributed by atoms with van der Waals surface area (Å²) >= 11 is 0. The second-order valence-corrected chi connectivity index (χ2v) is 8.89. The molecule has 4 aliphatic rings. The summed E-state index contributed by atoms with van der Waals surface area (Å²) in [6.07, 6.45) is 12.9. The van der Waals surface area contributed by atoms with E-state index in [4.69, 9.17) is 0 Å². The van der Waals surface area contributed by atoms with E-state index < -0.39 is 0 Å². The number of hydrogen-bond donors (Lipinski definition) is 0. The van der Waals surface area contributed by atoms with Crippen LogP contribution in [0.15, 0.2) is 23.8 Å². The zero-order chi connectivity index (χ0) is 16.4. The van der Waals surface area contributed by atoms with E-state index in [0.717, 1.165) is 24.8 Å². The second-order valence-electron chi connectivity index (χ2n) is 8.89. The Morgan fingerprint density at radius 2 is 1.96 bits per heavy atom. The molecule has 4 rings (SSSR count). The molecule has 0 aromatic rings. The van der Waals surface area contributed by atoms with Crippen LogP contribution in [0.25, 0.3) is 0 Å². The van der Waals surface area contributed by atoms with Gasteiger partial charge in [0.15, 0.2) is 11.6 Å². The highest BCUT2D eigenvalue weighted by Crippen LogP contribution is 2.65. The highest BCUT2D eigenvalue weighted by atomic mass is 16.1. The molecule has 2 heteroatoms. The highest BCUT2D eigenvalue weighted by molar-refractivity contribution is 5.95. The van der Waals surface area contributed by atoms with Gasteiger partial charge in [-0.25, -0.2) is 0 Å². The van der Waals surface area contributed by atoms with E-state index in [2.05, 4.69) is 26.0 Å². The van der Waals surface area contributed by atoms with Crippen molar-refractivity contribution in [3.63, 3.8) is 0 Å². The summed E-state index contributed by atoms with van der Waals surface area (Å²) in [5.41, 5.74) is 1.39. The first-order chi connectivity index (χ1) is 10.9. The Labute approximate surface area is 139 Å². The molecule has 0 radical (unpaired) electrons. The smallest absolute Gasteiger partial charge is 0.156 e. The lowest BCUT2D eigenvalue weighted by Crippen LogP contribution is -2.52. The lowest BCUT2D eigenvalue weighted by Gasteiger charge is -2.58. The van der Waals surface area contributed by atoms with E-state index in [0.29, 0.717) is 29.5 Å². The average Bonchev–Trinajstić information content (AvgIpc) is 2.85. The lowest BCUT2D eigenvalue weighted by molar-refractivity contribution is -0.122. The molecule has 0 aliphatic heterocycles. The third kappa shape index (κ3) is 1.99. The van der Waals surface area contributed by atoms with E-state index in [1.165, 1.54) is 19.3 Å². The maximum Gasteiger partial charge on any atom is 0.156 e. The molecule has 0 bridgehead atoms. The molecule has 4 aliphatic carbocycles. The van der Waals surface area contributed by atoms with Gasteiger partial charge in [-0.1, -0.05) is 26.0 Å². The van der Waals surface area contributed by atoms with Crippen molar-refractivity contribution >= 4 is 11.6 Å². The average molecular weight is 312 g/mol. The van der Waals surface area contributed by atoms with Crippen molar-refractivity contribution in [2.75, 3.05) is 0 Å². The predicted molar refractivity (Wildman–Crippen MR) is 90.8 cm³/mol. The van der Waals surface area contributed by atoms with E-state index in [1.54, 1.807) is 6.92 Å². The zero-order valence-electron chi connectivity index (χ0n) is 14.6. The van der Waals surface area contributed by atoms with Crippen molar-refractivity contribution in [3.05, 3.63) is 23.8 Å². The second kappa shape index (κ2) is 4.91. The van der Waals surface area contributed by atoms with Crippen LogP contribution in [0, 0.1) is 34.5 Å². The fraction of sp³-hybridized carbons (Fsp3) is 0.714. The monoisotopic (exact) mass is 312 g/mol. The number of carbonyl (C=O) groups excluding carboxylic acids is 2. The molecule has 2 saturated carbocycles. The van der Waals surface area contributed by atoms with Crippen molar-refractivity contribution in [2.24, 2.45) is 34.5 Å². The van der Waals surface area contributed by atoms with Gasteiger partial charge in [0.2, 0.25) is 0 Å². The van der Waals surface area contributed by atoms with E-state index in [1.807, 2.05) is 6.08 Å². The van der Waals surface area contributed by atoms with Crippen LogP contribution in [0.5, 0.6) is 0 Å². The molecule has 0 saturated heterocycles. The van der Waals surface area contributed by atoms with Gasteiger partial charge in [0.05, 0.1) is 0 Å². The fourth-order valence-electron chi connectivity index (χ4n) is 6.75. The van der Waals surface area contributed by atoms with Gasteiger partial charge in [-0.15, -0.1) is 0 Å². The topological polar surface area (TPSA) is 34.1 Å². The summed E-state index contributed by atoms with van der Waals surface area (Å²) in [6.45, 7) is 6.47. The SMILES string of the molecule is CC(=O)C1=CC[C@H]2[C@@H]3CCC4CC(=O)C=C[C@]4(C)[C@H]3CC[C@]12C. The van der Waals surface area contributed by atoms with Crippen molar-refractivity contribution in [2.45, 2.75) is 59.3 Å². The summed E-state index contributed by atoms with van der Waals surface area (Å²) in [5, 5.41) is 0. The normalized spacial score (nSPS) is 48.3. The molecule has 0 aromatic carbocycles. The first-order valence-corrected chi connectivity index (χ1v) is 9.30. The lowest BCUT2D eigenvalue weighted by atomic mass is 9.46. The number of ketones is 2. The van der Waals surface area contributed by atoms with Gasteiger partial charge >= 0.3 is 0 Å². The maximum absolute atomic E-state index is 12.1. The number of hydrogen-bond acceptors (Lipinski definition) is 2. The summed E-state index contributed by atoms with van der Waals surface area (Å²) in [4.78, 5) is 23.9. The van der Waals surface area contributed by atoms with Crippen molar-refractivity contribution in [3.8, 4) is 0 Å². The van der Waals surface area contributed by atoms with Gasteiger partial charge in [0.25, 0.3) is 0 Å². The van der Waals surface area contributed by atoms with E-state index in [-0.39, 0.29) is 16.6 Å². The predicted octanol–water partition coefficient (Wildman–Crippen LogP) is 4.50. The van der Waals surface area contributed by atoms with Crippen LogP contribution in [0.3, 0.4) is 0 Å². The minimum atomic E-state index is 0.102. The van der Waals surface area contributed by atoms with Crippen LogP contribution < -0.4 is 0 Å². The van der Waals surface area contributed by atoms with Gasteiger partial charge < -0.3 is 0 Å². The van der Waals surface area contributed by atoms with Gasteiger partial charge in [-0.05, 0) is 85.2 Å². The zero-order valence-corrected chi connectivity index (χ0v) is 14.6. The van der Waals surface area contributed by atoms with Crippen LogP contribution in [0.1, 0.15) is 59.3 Å². The molecule has 23 heavy (non-hydrogen) atoms. The number of carbonyl (C=O) groups is 2. The Morgan fingerprint density at radius 3 is 2.70 bits per heavy atom. The first-order valence-electron chi connectivity index (χ1n) is 9.30. The van der Waals surface area contributed by atoms with Crippen LogP contribution in [0.2, 0.25) is 0 Å².